The molecule has 3 N–H and O–H groups in total. The summed E-state index contributed by atoms with van der Waals surface area (Å²) in [6.07, 6.45) is 0. The van der Waals surface area contributed by atoms with Crippen molar-refractivity contribution in [3.8, 4) is 0 Å². The molecule has 0 fully saturated rings. The third-order valence-corrected chi connectivity index (χ3v) is 5.30. The van der Waals surface area contributed by atoms with Crippen molar-refractivity contribution in [2.75, 3.05) is 52.9 Å². The number of ether oxygens (including phenoxy) is 5. The highest BCUT2D eigenvalue weighted by atomic mass is 16.6. The van der Waals surface area contributed by atoms with Crippen LogP contribution < -0.4 is 0 Å². The minimum absolute atomic E-state index is 0.166. The zero-order chi connectivity index (χ0) is 34.0. The van der Waals surface area contributed by atoms with Gasteiger partial charge in [0.05, 0.1) is 30.7 Å². The number of carbonyl (C=O) groups is 5. The van der Waals surface area contributed by atoms with Gasteiger partial charge < -0.3 is 39.0 Å². The van der Waals surface area contributed by atoms with Crippen LogP contribution in [0.3, 0.4) is 0 Å². The summed E-state index contributed by atoms with van der Waals surface area (Å²) >= 11 is 0. The van der Waals surface area contributed by atoms with Crippen molar-refractivity contribution in [1.29, 1.82) is 0 Å². The van der Waals surface area contributed by atoms with Crippen LogP contribution in [-0.2, 0) is 47.7 Å². The first-order valence-electron chi connectivity index (χ1n) is 12.8. The zero-order valence-corrected chi connectivity index (χ0v) is 25.6. The number of rotatable bonds is 18. The predicted molar refractivity (Wildman–Crippen MR) is 155 cm³/mol. The fraction of sp³-hybridized carbons (Fsp3) is 0.500. The van der Waals surface area contributed by atoms with Crippen molar-refractivity contribution < 1.29 is 63.0 Å². The van der Waals surface area contributed by atoms with Gasteiger partial charge in [0.2, 0.25) is 0 Å². The number of aliphatic hydroxyl groups is 3. The minimum Gasteiger partial charge on any atom is -0.461 e. The summed E-state index contributed by atoms with van der Waals surface area (Å²) in [7, 11) is 0. The lowest BCUT2D eigenvalue weighted by Gasteiger charge is -2.30. The molecule has 0 aromatic rings. The first-order chi connectivity index (χ1) is 19.8. The Labute approximate surface area is 252 Å². The standard InChI is InChI=1S/C17H24O7.C13H20O6/c1-11(2)14(19)22-8-17(7-18,9-23-15(20)12(3)4)10-24-16(21)13(5)6;1-9(2)11(16)18-7-13(5-14,6-15)8-19-12(17)10(3)4/h18H,1,3,5,7-10H2,2,4,6H3;14-15H,1,3,5-8H2,2,4H3. The molecule has 242 valence electrons. The van der Waals surface area contributed by atoms with Crippen LogP contribution in [0.25, 0.3) is 0 Å². The lowest BCUT2D eigenvalue weighted by atomic mass is 9.92. The predicted octanol–water partition coefficient (Wildman–Crippen LogP) is 1.52. The molecule has 0 aliphatic rings. The van der Waals surface area contributed by atoms with E-state index in [9.17, 15) is 39.3 Å². The maximum Gasteiger partial charge on any atom is 0.333 e. The van der Waals surface area contributed by atoms with Crippen molar-refractivity contribution in [3.63, 3.8) is 0 Å². The Kier molecular flexibility index (Phi) is 19.0. The third-order valence-electron chi connectivity index (χ3n) is 5.30. The van der Waals surface area contributed by atoms with Crippen LogP contribution in [0.1, 0.15) is 34.6 Å². The number of esters is 5. The second-order valence-corrected chi connectivity index (χ2v) is 10.3. The van der Waals surface area contributed by atoms with Gasteiger partial charge in [0.1, 0.15) is 33.0 Å². The van der Waals surface area contributed by atoms with Gasteiger partial charge in [0.15, 0.2) is 0 Å². The van der Waals surface area contributed by atoms with Crippen LogP contribution in [0, 0.1) is 10.8 Å². The van der Waals surface area contributed by atoms with Gasteiger partial charge in [-0.15, -0.1) is 0 Å². The average Bonchev–Trinajstić information content (AvgIpc) is 2.96. The van der Waals surface area contributed by atoms with E-state index in [1.807, 2.05) is 0 Å². The first kappa shape index (κ1) is 41.1. The lowest BCUT2D eigenvalue weighted by molar-refractivity contribution is -0.161. The lowest BCUT2D eigenvalue weighted by Crippen LogP contribution is -2.42. The van der Waals surface area contributed by atoms with Crippen molar-refractivity contribution >= 4 is 29.8 Å². The van der Waals surface area contributed by atoms with Gasteiger partial charge in [-0.05, 0) is 34.6 Å². The number of hydrogen-bond donors (Lipinski definition) is 3. The Morgan fingerprint density at radius 3 is 0.721 bits per heavy atom. The van der Waals surface area contributed by atoms with Gasteiger partial charge in [-0.2, -0.15) is 0 Å². The third kappa shape index (κ3) is 16.2. The summed E-state index contributed by atoms with van der Waals surface area (Å²) in [6, 6.07) is 0. The zero-order valence-electron chi connectivity index (χ0n) is 25.6. The van der Waals surface area contributed by atoms with E-state index in [2.05, 4.69) is 32.9 Å². The molecule has 0 aliphatic heterocycles. The van der Waals surface area contributed by atoms with Crippen LogP contribution in [-0.4, -0.2) is 98.0 Å². The van der Waals surface area contributed by atoms with E-state index in [1.165, 1.54) is 34.6 Å². The number of hydrogen-bond acceptors (Lipinski definition) is 13. The topological polar surface area (TPSA) is 192 Å². The van der Waals surface area contributed by atoms with Gasteiger partial charge in [0, 0.05) is 27.9 Å². The van der Waals surface area contributed by atoms with Crippen molar-refractivity contribution in [3.05, 3.63) is 60.8 Å². The molecule has 0 rings (SSSR count). The molecule has 43 heavy (non-hydrogen) atoms. The summed E-state index contributed by atoms with van der Waals surface area (Å²) in [5, 5.41) is 28.3. The fourth-order valence-electron chi connectivity index (χ4n) is 2.25. The second-order valence-electron chi connectivity index (χ2n) is 10.3. The van der Waals surface area contributed by atoms with Crippen molar-refractivity contribution in [1.82, 2.24) is 0 Å². The second kappa shape index (κ2) is 19.9. The van der Waals surface area contributed by atoms with E-state index in [0.29, 0.717) is 0 Å². The highest BCUT2D eigenvalue weighted by Gasteiger charge is 2.36. The molecule has 0 saturated heterocycles. The molecule has 0 aliphatic carbocycles. The Bertz CT molecular complexity index is 974. The van der Waals surface area contributed by atoms with Crippen LogP contribution in [0.2, 0.25) is 0 Å². The van der Waals surface area contributed by atoms with E-state index < -0.39 is 60.5 Å². The van der Waals surface area contributed by atoms with Crippen LogP contribution in [0.5, 0.6) is 0 Å². The molecule has 0 heterocycles. The van der Waals surface area contributed by atoms with Crippen molar-refractivity contribution in [2.24, 2.45) is 10.8 Å². The van der Waals surface area contributed by atoms with Gasteiger partial charge in [-0.1, -0.05) is 32.9 Å². The SMILES string of the molecule is C=C(C)C(=O)OCC(CO)(CO)COC(=O)C(=C)C.C=C(C)C(=O)OCC(CO)(COC(=O)C(=C)C)COC(=O)C(=C)C. The average molecular weight is 613 g/mol. The van der Waals surface area contributed by atoms with E-state index in [-0.39, 0.29) is 60.9 Å². The molecule has 0 spiro atoms. The molecule has 0 bridgehead atoms. The van der Waals surface area contributed by atoms with E-state index in [0.717, 1.165) is 0 Å². The molecule has 0 aromatic carbocycles. The van der Waals surface area contributed by atoms with Crippen LogP contribution in [0.15, 0.2) is 60.8 Å². The summed E-state index contributed by atoms with van der Waals surface area (Å²) in [6.45, 7) is 21.4. The summed E-state index contributed by atoms with van der Waals surface area (Å²) in [5.41, 5.74) is -1.65. The monoisotopic (exact) mass is 612 g/mol. The fourth-order valence-corrected chi connectivity index (χ4v) is 2.25. The molecule has 0 radical (unpaired) electrons. The van der Waals surface area contributed by atoms with E-state index >= 15 is 0 Å². The molecule has 0 saturated carbocycles. The Hall–Kier alpha value is -4.07. The Balaban J connectivity index is 0. The highest BCUT2D eigenvalue weighted by Crippen LogP contribution is 2.21. The van der Waals surface area contributed by atoms with Gasteiger partial charge in [-0.3, -0.25) is 0 Å². The minimum atomic E-state index is -1.30. The summed E-state index contributed by atoms with van der Waals surface area (Å²) in [5.74, 6) is -3.31. The largest absolute Gasteiger partial charge is 0.461 e. The molecule has 13 heteroatoms. The summed E-state index contributed by atoms with van der Waals surface area (Å²) < 4.78 is 24.8. The van der Waals surface area contributed by atoms with Crippen LogP contribution >= 0.6 is 0 Å². The number of aliphatic hydroxyl groups excluding tert-OH is 3. The van der Waals surface area contributed by atoms with Gasteiger partial charge >= 0.3 is 29.8 Å². The van der Waals surface area contributed by atoms with Crippen molar-refractivity contribution in [2.45, 2.75) is 34.6 Å². The molecule has 13 nitrogen and oxygen atoms in total. The number of carbonyl (C=O) groups excluding carboxylic acids is 5. The normalized spacial score (nSPS) is 10.6. The van der Waals surface area contributed by atoms with E-state index in [4.69, 9.17) is 23.7 Å². The quantitative estimate of drug-likeness (QED) is 0.115. The maximum atomic E-state index is 11.6. The van der Waals surface area contributed by atoms with Crippen LogP contribution in [0.4, 0.5) is 0 Å². The molecular formula is C30H44O13. The summed E-state index contributed by atoms with van der Waals surface area (Å²) in [4.78, 5) is 57.2. The molecular weight excluding hydrogens is 568 g/mol. The molecule has 0 atom stereocenters. The maximum absolute atomic E-state index is 11.6. The first-order valence-corrected chi connectivity index (χ1v) is 12.8. The Morgan fingerprint density at radius 2 is 0.581 bits per heavy atom. The Morgan fingerprint density at radius 1 is 0.419 bits per heavy atom. The van der Waals surface area contributed by atoms with Gasteiger partial charge in [-0.25, -0.2) is 24.0 Å². The smallest absolute Gasteiger partial charge is 0.333 e. The molecule has 0 aromatic heterocycles. The molecule has 0 amide bonds. The van der Waals surface area contributed by atoms with Gasteiger partial charge in [0.25, 0.3) is 0 Å². The highest BCUT2D eigenvalue weighted by molar-refractivity contribution is 5.88. The van der Waals surface area contributed by atoms with E-state index in [1.54, 1.807) is 0 Å². The molecule has 0 unspecified atom stereocenters.